The fourth-order valence-corrected chi connectivity index (χ4v) is 4.39. The van der Waals surface area contributed by atoms with E-state index < -0.39 is 30.1 Å². The van der Waals surface area contributed by atoms with Gasteiger partial charge in [0.25, 0.3) is 0 Å². The highest BCUT2D eigenvalue weighted by molar-refractivity contribution is 5.85. The molecule has 2 aromatic carbocycles. The van der Waals surface area contributed by atoms with Crippen molar-refractivity contribution in [2.24, 2.45) is 5.92 Å². The van der Waals surface area contributed by atoms with Crippen molar-refractivity contribution in [3.63, 3.8) is 0 Å². The van der Waals surface area contributed by atoms with Crippen LogP contribution in [0.1, 0.15) is 41.0 Å². The van der Waals surface area contributed by atoms with Gasteiger partial charge in [-0.15, -0.1) is 12.4 Å². The number of ether oxygens (including phenoxy) is 1. The molecule has 0 saturated carbocycles. The predicted octanol–water partition coefficient (Wildman–Crippen LogP) is 6.25. The van der Waals surface area contributed by atoms with E-state index in [2.05, 4.69) is 4.90 Å². The first kappa shape index (κ1) is 30.9. The maximum absolute atomic E-state index is 13.2. The van der Waals surface area contributed by atoms with Gasteiger partial charge < -0.3 is 14.5 Å². The largest absolute Gasteiger partial charge is 0.416 e. The number of halogens is 7. The number of likely N-dealkylation sites (tertiary alicyclic amines) is 1. The first-order valence-electron chi connectivity index (χ1n) is 11.7. The lowest BCUT2D eigenvalue weighted by Crippen LogP contribution is -2.41. The second-order valence-electron chi connectivity index (χ2n) is 9.33. The van der Waals surface area contributed by atoms with Crippen molar-refractivity contribution in [3.05, 3.63) is 70.8 Å². The molecular weight excluding hydrogens is 522 g/mol. The van der Waals surface area contributed by atoms with E-state index in [1.54, 1.807) is 11.9 Å². The van der Waals surface area contributed by atoms with Crippen molar-refractivity contribution in [1.29, 1.82) is 0 Å². The molecule has 2 aromatic rings. The van der Waals surface area contributed by atoms with Crippen molar-refractivity contribution in [2.45, 2.75) is 37.7 Å². The summed E-state index contributed by atoms with van der Waals surface area (Å²) in [5.41, 5.74) is -2.11. The van der Waals surface area contributed by atoms with E-state index in [0.717, 1.165) is 31.5 Å². The molecule has 1 amide bonds. The Morgan fingerprint density at radius 2 is 1.54 bits per heavy atom. The molecular formula is C26H31ClF6N2O2. The number of carbonyl (C=O) groups is 1. The fraction of sp³-hybridized carbons (Fsp3) is 0.500. The number of amides is 1. The fourth-order valence-electron chi connectivity index (χ4n) is 4.39. The van der Waals surface area contributed by atoms with Crippen molar-refractivity contribution < 1.29 is 35.9 Å². The normalized spacial score (nSPS) is 16.2. The minimum Gasteiger partial charge on any atom is -0.376 e. The molecule has 1 aliphatic heterocycles. The zero-order chi connectivity index (χ0) is 26.5. The summed E-state index contributed by atoms with van der Waals surface area (Å²) in [5, 5.41) is 0. The molecule has 1 saturated heterocycles. The van der Waals surface area contributed by atoms with Gasteiger partial charge in [-0.25, -0.2) is 0 Å². The number of alkyl halides is 6. The van der Waals surface area contributed by atoms with Gasteiger partial charge in [-0.2, -0.15) is 26.3 Å². The number of hydrogen-bond donors (Lipinski definition) is 0. The summed E-state index contributed by atoms with van der Waals surface area (Å²) in [6, 6.07) is 10.6. The zero-order valence-electron chi connectivity index (χ0n) is 20.6. The van der Waals surface area contributed by atoms with Crippen molar-refractivity contribution in [3.8, 4) is 0 Å². The molecule has 37 heavy (non-hydrogen) atoms. The van der Waals surface area contributed by atoms with Gasteiger partial charge >= 0.3 is 12.4 Å². The van der Waals surface area contributed by atoms with Gasteiger partial charge in [-0.05, 0) is 62.3 Å². The highest BCUT2D eigenvalue weighted by atomic mass is 35.5. The van der Waals surface area contributed by atoms with E-state index in [-0.39, 0.29) is 48.4 Å². The molecule has 0 radical (unpaired) electrons. The van der Waals surface area contributed by atoms with Crippen LogP contribution in [0.2, 0.25) is 0 Å². The summed E-state index contributed by atoms with van der Waals surface area (Å²) >= 11 is 0. The highest BCUT2D eigenvalue weighted by Gasteiger charge is 2.37. The van der Waals surface area contributed by atoms with Crippen molar-refractivity contribution in [1.82, 2.24) is 9.80 Å². The van der Waals surface area contributed by atoms with E-state index in [1.807, 2.05) is 37.4 Å². The molecule has 0 aliphatic carbocycles. The van der Waals surface area contributed by atoms with Crippen LogP contribution in [0, 0.1) is 5.92 Å². The van der Waals surface area contributed by atoms with Crippen molar-refractivity contribution >= 4 is 18.3 Å². The Bertz CT molecular complexity index is 976. The number of benzene rings is 2. The summed E-state index contributed by atoms with van der Waals surface area (Å²) in [5.74, 6) is -0.356. The Kier molecular flexibility index (Phi) is 10.8. The maximum Gasteiger partial charge on any atom is 0.416 e. The zero-order valence-corrected chi connectivity index (χ0v) is 21.4. The van der Waals surface area contributed by atoms with Crippen LogP contribution in [0.25, 0.3) is 0 Å². The first-order chi connectivity index (χ1) is 16.8. The lowest BCUT2D eigenvalue weighted by molar-refractivity contribution is -0.143. The Morgan fingerprint density at radius 1 is 1.00 bits per heavy atom. The van der Waals surface area contributed by atoms with Crippen LogP contribution < -0.4 is 0 Å². The Balaban J connectivity index is 0.00000481. The van der Waals surface area contributed by atoms with E-state index in [0.29, 0.717) is 18.7 Å². The van der Waals surface area contributed by atoms with Gasteiger partial charge in [0.2, 0.25) is 5.91 Å². The van der Waals surface area contributed by atoms with Crippen LogP contribution >= 0.6 is 12.4 Å². The van der Waals surface area contributed by atoms with Crippen LogP contribution in [0.5, 0.6) is 0 Å². The second-order valence-corrected chi connectivity index (χ2v) is 9.33. The molecule has 0 bridgehead atoms. The highest BCUT2D eigenvalue weighted by Crippen LogP contribution is 2.36. The standard InChI is InChI=1S/C26H30F6N2O2.ClH/c1-33-10-8-20(9-11-33)24(35)34(2)15-21(19-6-4-3-5-7-19)17-36-16-18-12-22(25(27,28)29)14-23(13-18)26(30,31)32;/h3-7,12-14,20-21H,8-11,15-17H2,1-2H3;1H. The molecule has 1 aliphatic rings. The van der Waals surface area contributed by atoms with Gasteiger partial charge in [0.1, 0.15) is 0 Å². The van der Waals surface area contributed by atoms with Crippen LogP contribution in [0.15, 0.2) is 48.5 Å². The van der Waals surface area contributed by atoms with Crippen molar-refractivity contribution in [2.75, 3.05) is 40.3 Å². The minimum absolute atomic E-state index is 0. The van der Waals surface area contributed by atoms with E-state index in [4.69, 9.17) is 4.74 Å². The number of rotatable bonds is 8. The third-order valence-corrected chi connectivity index (χ3v) is 6.44. The summed E-state index contributed by atoms with van der Waals surface area (Å²) in [7, 11) is 3.72. The monoisotopic (exact) mass is 552 g/mol. The number of nitrogens with zero attached hydrogens (tertiary/aromatic N) is 2. The summed E-state index contributed by atoms with van der Waals surface area (Å²) in [4.78, 5) is 16.8. The number of piperidine rings is 1. The van der Waals surface area contributed by atoms with Gasteiger partial charge in [0.05, 0.1) is 24.3 Å². The van der Waals surface area contributed by atoms with E-state index in [1.165, 1.54) is 0 Å². The number of hydrogen-bond acceptors (Lipinski definition) is 3. The van der Waals surface area contributed by atoms with Crippen LogP contribution in [0.3, 0.4) is 0 Å². The summed E-state index contributed by atoms with van der Waals surface area (Å²) in [6.07, 6.45) is -8.30. The summed E-state index contributed by atoms with van der Waals surface area (Å²) < 4.78 is 84.6. The first-order valence-corrected chi connectivity index (χ1v) is 11.7. The molecule has 11 heteroatoms. The van der Waals surface area contributed by atoms with Gasteiger partial charge in [-0.3, -0.25) is 4.79 Å². The van der Waals surface area contributed by atoms with Gasteiger partial charge in [-0.1, -0.05) is 30.3 Å². The molecule has 1 unspecified atom stereocenters. The third kappa shape index (κ3) is 8.90. The Hall–Kier alpha value is -2.30. The number of likely N-dealkylation sites (N-methyl/N-ethyl adjacent to an activating group) is 1. The molecule has 1 fully saturated rings. The quantitative estimate of drug-likeness (QED) is 0.363. The molecule has 3 rings (SSSR count). The minimum atomic E-state index is -4.92. The number of carbonyl (C=O) groups excluding carboxylic acids is 1. The third-order valence-electron chi connectivity index (χ3n) is 6.44. The summed E-state index contributed by atoms with van der Waals surface area (Å²) in [6.45, 7) is 1.58. The second kappa shape index (κ2) is 13.0. The van der Waals surface area contributed by atoms with E-state index >= 15 is 0 Å². The van der Waals surface area contributed by atoms with Gasteiger partial charge in [0.15, 0.2) is 0 Å². The Morgan fingerprint density at radius 3 is 2.05 bits per heavy atom. The van der Waals surface area contributed by atoms with Gasteiger partial charge in [0, 0.05) is 25.4 Å². The molecule has 4 nitrogen and oxygen atoms in total. The average molecular weight is 553 g/mol. The smallest absolute Gasteiger partial charge is 0.376 e. The predicted molar refractivity (Wildman–Crippen MR) is 130 cm³/mol. The SMILES string of the molecule is CN1CCC(C(=O)N(C)CC(COCc2cc(C(F)(F)F)cc(C(F)(F)F)c2)c2ccccc2)CC1.Cl. The molecule has 1 heterocycles. The molecule has 0 aromatic heterocycles. The lowest BCUT2D eigenvalue weighted by atomic mass is 9.94. The molecule has 0 spiro atoms. The topological polar surface area (TPSA) is 32.8 Å². The maximum atomic E-state index is 13.2. The van der Waals surface area contributed by atoms with E-state index in [9.17, 15) is 31.1 Å². The Labute approximate surface area is 219 Å². The molecule has 1 atom stereocenters. The van der Waals surface area contributed by atoms with Crippen LogP contribution in [0.4, 0.5) is 26.3 Å². The molecule has 206 valence electrons. The van der Waals surface area contributed by atoms with Crippen LogP contribution in [-0.4, -0.2) is 56.0 Å². The van der Waals surface area contributed by atoms with Crippen LogP contribution in [-0.2, 0) is 28.5 Å². The lowest BCUT2D eigenvalue weighted by Gasteiger charge is -2.32. The molecule has 0 N–H and O–H groups in total. The average Bonchev–Trinajstić information content (AvgIpc) is 2.82.